The van der Waals surface area contributed by atoms with Crippen LogP contribution < -0.4 is 0 Å². The molecule has 96 valence electrons. The van der Waals surface area contributed by atoms with Crippen LogP contribution in [0.3, 0.4) is 0 Å². The van der Waals surface area contributed by atoms with Gasteiger partial charge in [0.05, 0.1) is 6.61 Å². The quantitative estimate of drug-likeness (QED) is 0.602. The van der Waals surface area contributed by atoms with Gasteiger partial charge in [-0.15, -0.1) is 0 Å². The summed E-state index contributed by atoms with van der Waals surface area (Å²) in [5.74, 6) is -0.376. The predicted octanol–water partition coefficient (Wildman–Crippen LogP) is -0.611. The lowest BCUT2D eigenvalue weighted by Gasteiger charge is -2.24. The van der Waals surface area contributed by atoms with Crippen LogP contribution in [0.25, 0.3) is 0 Å². The summed E-state index contributed by atoms with van der Waals surface area (Å²) in [7, 11) is 0. The first-order valence-electron chi connectivity index (χ1n) is 5.51. The summed E-state index contributed by atoms with van der Waals surface area (Å²) in [4.78, 5) is 11.1. The molecule has 0 unspecified atom stereocenters. The first kappa shape index (κ1) is 11.4. The molecule has 7 nitrogen and oxygen atoms in total. The molecular weight excluding hydrogens is 232 g/mol. The number of rotatable bonds is 2. The van der Waals surface area contributed by atoms with Gasteiger partial charge in [0.1, 0.15) is 19.0 Å². The van der Waals surface area contributed by atoms with Crippen LogP contribution in [0.1, 0.15) is 6.92 Å². The fraction of sp³-hybridized carbons (Fsp3) is 0.900. The van der Waals surface area contributed by atoms with Gasteiger partial charge < -0.3 is 28.4 Å². The summed E-state index contributed by atoms with van der Waals surface area (Å²) in [6.07, 6.45) is -2.04. The third-order valence-corrected chi connectivity index (χ3v) is 3.02. The van der Waals surface area contributed by atoms with Gasteiger partial charge in [-0.1, -0.05) is 0 Å². The van der Waals surface area contributed by atoms with Gasteiger partial charge in [-0.25, -0.2) is 0 Å². The van der Waals surface area contributed by atoms with Crippen LogP contribution in [-0.2, 0) is 33.2 Å². The van der Waals surface area contributed by atoms with Crippen molar-refractivity contribution in [3.63, 3.8) is 0 Å². The molecule has 3 aliphatic heterocycles. The second kappa shape index (κ2) is 4.51. The third-order valence-electron chi connectivity index (χ3n) is 3.02. The van der Waals surface area contributed by atoms with Gasteiger partial charge in [0, 0.05) is 6.92 Å². The van der Waals surface area contributed by atoms with E-state index in [-0.39, 0.29) is 31.8 Å². The normalized spacial score (nSPS) is 44.9. The molecule has 0 saturated carbocycles. The molecule has 0 bridgehead atoms. The number of carbonyl (C=O) groups excluding carboxylic acids is 1. The molecule has 0 aromatic rings. The minimum atomic E-state index is -0.508. The molecule has 0 aromatic heterocycles. The van der Waals surface area contributed by atoms with Crippen LogP contribution in [0.5, 0.6) is 0 Å². The van der Waals surface area contributed by atoms with Gasteiger partial charge in [0.2, 0.25) is 0 Å². The monoisotopic (exact) mass is 246 g/mol. The van der Waals surface area contributed by atoms with E-state index in [4.69, 9.17) is 28.4 Å². The summed E-state index contributed by atoms with van der Waals surface area (Å²) < 4.78 is 32.0. The number of ether oxygens (including phenoxy) is 6. The van der Waals surface area contributed by atoms with Gasteiger partial charge in [0.15, 0.2) is 25.3 Å². The second-order valence-corrected chi connectivity index (χ2v) is 4.15. The largest absolute Gasteiger partial charge is 0.457 e. The Hall–Kier alpha value is -0.730. The molecule has 0 amide bonds. The van der Waals surface area contributed by atoms with Gasteiger partial charge >= 0.3 is 5.97 Å². The minimum absolute atomic E-state index is 0.155. The van der Waals surface area contributed by atoms with E-state index in [1.165, 1.54) is 6.92 Å². The van der Waals surface area contributed by atoms with Crippen molar-refractivity contribution in [2.75, 3.05) is 20.2 Å². The fourth-order valence-corrected chi connectivity index (χ4v) is 2.31. The summed E-state index contributed by atoms with van der Waals surface area (Å²) in [5, 5.41) is 0. The Balaban J connectivity index is 1.74. The lowest BCUT2D eigenvalue weighted by molar-refractivity contribution is -0.173. The van der Waals surface area contributed by atoms with Crippen molar-refractivity contribution in [3.8, 4) is 0 Å². The summed E-state index contributed by atoms with van der Waals surface area (Å²) >= 11 is 0. The maximum absolute atomic E-state index is 11.1. The van der Waals surface area contributed by atoms with Crippen LogP contribution in [-0.4, -0.2) is 56.9 Å². The highest BCUT2D eigenvalue weighted by Gasteiger charge is 2.54. The Labute approximate surface area is 97.8 Å². The average molecular weight is 246 g/mol. The predicted molar refractivity (Wildman–Crippen MR) is 50.7 cm³/mol. The Morgan fingerprint density at radius 2 is 2.06 bits per heavy atom. The lowest BCUT2D eigenvalue weighted by atomic mass is 10.1. The molecule has 5 atom stereocenters. The van der Waals surface area contributed by atoms with E-state index in [9.17, 15) is 4.79 Å². The highest BCUT2D eigenvalue weighted by Crippen LogP contribution is 2.34. The molecule has 0 radical (unpaired) electrons. The minimum Gasteiger partial charge on any atom is -0.457 e. The molecule has 0 spiro atoms. The second-order valence-electron chi connectivity index (χ2n) is 4.15. The van der Waals surface area contributed by atoms with Gasteiger partial charge in [-0.05, 0) is 0 Å². The molecule has 3 heterocycles. The number of esters is 1. The van der Waals surface area contributed by atoms with Crippen molar-refractivity contribution in [2.45, 2.75) is 37.6 Å². The molecule has 0 aliphatic carbocycles. The Bertz CT molecular complexity index is 301. The van der Waals surface area contributed by atoms with Crippen molar-refractivity contribution >= 4 is 5.97 Å². The molecule has 7 heteroatoms. The molecular formula is C10H14O7. The summed E-state index contributed by atoms with van der Waals surface area (Å²) in [6.45, 7) is 2.16. The van der Waals surface area contributed by atoms with E-state index in [1.807, 2.05) is 0 Å². The van der Waals surface area contributed by atoms with Crippen molar-refractivity contribution in [1.29, 1.82) is 0 Å². The number of hydrogen-bond acceptors (Lipinski definition) is 7. The maximum atomic E-state index is 11.1. The van der Waals surface area contributed by atoms with Crippen molar-refractivity contribution in [3.05, 3.63) is 0 Å². The lowest BCUT2D eigenvalue weighted by Crippen LogP contribution is -2.43. The van der Waals surface area contributed by atoms with E-state index >= 15 is 0 Å². The third kappa shape index (κ3) is 2.04. The Morgan fingerprint density at radius 3 is 2.76 bits per heavy atom. The standard InChI is InChI=1S/C10H14O7/c1-5(11)16-8-7(6-2-12-3-13-6)17-10-9(8)14-4-15-10/h6-10H,2-4H2,1H3/t6-,7-,8+,9-,10+/m1/s1. The van der Waals surface area contributed by atoms with Crippen molar-refractivity contribution < 1.29 is 33.2 Å². The van der Waals surface area contributed by atoms with Crippen LogP contribution in [0.2, 0.25) is 0 Å². The number of fused-ring (bicyclic) bond motifs is 1. The zero-order chi connectivity index (χ0) is 11.8. The van der Waals surface area contributed by atoms with E-state index in [0.717, 1.165) is 0 Å². The van der Waals surface area contributed by atoms with E-state index in [2.05, 4.69) is 0 Å². The van der Waals surface area contributed by atoms with E-state index in [1.54, 1.807) is 0 Å². The highest BCUT2D eigenvalue weighted by atomic mass is 16.8. The van der Waals surface area contributed by atoms with Crippen LogP contribution >= 0.6 is 0 Å². The average Bonchev–Trinajstić information content (AvgIpc) is 2.94. The molecule has 0 aromatic carbocycles. The van der Waals surface area contributed by atoms with Gasteiger partial charge in [-0.2, -0.15) is 0 Å². The van der Waals surface area contributed by atoms with Gasteiger partial charge in [-0.3, -0.25) is 4.79 Å². The first-order valence-corrected chi connectivity index (χ1v) is 5.51. The molecule has 17 heavy (non-hydrogen) atoms. The summed E-state index contributed by atoms with van der Waals surface area (Å²) in [6, 6.07) is 0. The Morgan fingerprint density at radius 1 is 1.18 bits per heavy atom. The molecule has 3 saturated heterocycles. The van der Waals surface area contributed by atoms with Gasteiger partial charge in [0.25, 0.3) is 0 Å². The van der Waals surface area contributed by atoms with Crippen LogP contribution in [0.4, 0.5) is 0 Å². The SMILES string of the molecule is CC(=O)O[C@@H]1[C@H]2OCO[C@H]2O[C@@H]1[C@H]1COCO1. The summed E-state index contributed by atoms with van der Waals surface area (Å²) in [5.41, 5.74) is 0. The van der Waals surface area contributed by atoms with Crippen LogP contribution in [0, 0.1) is 0 Å². The number of hydrogen-bond donors (Lipinski definition) is 0. The van der Waals surface area contributed by atoms with Crippen molar-refractivity contribution in [1.82, 2.24) is 0 Å². The topological polar surface area (TPSA) is 72.5 Å². The molecule has 0 N–H and O–H groups in total. The fourth-order valence-electron chi connectivity index (χ4n) is 2.31. The van der Waals surface area contributed by atoms with E-state index in [0.29, 0.717) is 6.61 Å². The maximum Gasteiger partial charge on any atom is 0.303 e. The Kier molecular flexibility index (Phi) is 3.01. The van der Waals surface area contributed by atoms with Crippen LogP contribution in [0.15, 0.2) is 0 Å². The highest BCUT2D eigenvalue weighted by molar-refractivity contribution is 5.66. The first-order chi connectivity index (χ1) is 8.25. The zero-order valence-corrected chi connectivity index (χ0v) is 9.37. The van der Waals surface area contributed by atoms with Crippen molar-refractivity contribution in [2.24, 2.45) is 0 Å². The smallest absolute Gasteiger partial charge is 0.303 e. The molecule has 3 aliphatic rings. The van der Waals surface area contributed by atoms with E-state index < -0.39 is 18.5 Å². The zero-order valence-electron chi connectivity index (χ0n) is 9.37. The molecule has 3 rings (SSSR count). The molecule has 3 fully saturated rings. The number of carbonyl (C=O) groups is 1.